The van der Waals surface area contributed by atoms with E-state index in [0.29, 0.717) is 19.5 Å². The highest BCUT2D eigenvalue weighted by atomic mass is 32.2. The number of carbonyl (C=O) groups excluding carboxylic acids is 2. The summed E-state index contributed by atoms with van der Waals surface area (Å²) in [4.78, 5) is 27.6. The number of esters is 1. The van der Waals surface area contributed by atoms with Gasteiger partial charge in [-0.15, -0.1) is 0 Å². The fourth-order valence-corrected chi connectivity index (χ4v) is 4.22. The highest BCUT2D eigenvalue weighted by molar-refractivity contribution is 7.88. The maximum Gasteiger partial charge on any atom is 0.490 e. The van der Waals surface area contributed by atoms with Crippen molar-refractivity contribution in [2.45, 2.75) is 51.6 Å². The van der Waals surface area contributed by atoms with Crippen molar-refractivity contribution in [2.75, 3.05) is 32.9 Å². The summed E-state index contributed by atoms with van der Waals surface area (Å²) in [6.45, 7) is 5.22. The second kappa shape index (κ2) is 11.5. The average Bonchev–Trinajstić information content (AvgIpc) is 3.16. The normalized spacial score (nSPS) is 18.2. The first-order valence-electron chi connectivity index (χ1n) is 10.9. The predicted molar refractivity (Wildman–Crippen MR) is 120 cm³/mol. The van der Waals surface area contributed by atoms with Gasteiger partial charge in [0.15, 0.2) is 0 Å². The largest absolute Gasteiger partial charge is 0.490 e. The molecular formula is C22H32F3N3O5S. The third kappa shape index (κ3) is 8.88. The summed E-state index contributed by atoms with van der Waals surface area (Å²) in [5, 5.41) is 0. The minimum Gasteiger partial charge on any atom is -0.454 e. The second-order valence-electron chi connectivity index (χ2n) is 8.98. The van der Waals surface area contributed by atoms with E-state index in [9.17, 15) is 31.2 Å². The number of alkyl halides is 3. The Bertz CT molecular complexity index is 952. The Morgan fingerprint density at radius 3 is 2.32 bits per heavy atom. The summed E-state index contributed by atoms with van der Waals surface area (Å²) in [5.41, 5.74) is 1.55. The van der Waals surface area contributed by atoms with Gasteiger partial charge in [-0.2, -0.15) is 13.2 Å². The van der Waals surface area contributed by atoms with Gasteiger partial charge in [-0.25, -0.2) is 17.9 Å². The van der Waals surface area contributed by atoms with Crippen molar-refractivity contribution < 1.29 is 35.9 Å². The molecule has 192 valence electrons. The van der Waals surface area contributed by atoms with Gasteiger partial charge in [0.1, 0.15) is 6.10 Å². The number of sulfonamides is 1. The zero-order valence-corrected chi connectivity index (χ0v) is 20.6. The van der Waals surface area contributed by atoms with Crippen LogP contribution in [0.5, 0.6) is 0 Å². The predicted octanol–water partition coefficient (Wildman–Crippen LogP) is 1.94. The van der Waals surface area contributed by atoms with Crippen LogP contribution in [0.4, 0.5) is 13.2 Å². The Hall–Kier alpha value is -2.18. The molecular weight excluding hydrogens is 475 g/mol. The Kier molecular flexibility index (Phi) is 9.49. The average molecular weight is 508 g/mol. The van der Waals surface area contributed by atoms with Crippen LogP contribution in [-0.4, -0.2) is 81.4 Å². The summed E-state index contributed by atoms with van der Waals surface area (Å²) in [5.74, 6) is -2.19. The summed E-state index contributed by atoms with van der Waals surface area (Å²) < 4.78 is 66.7. The maximum atomic E-state index is 12.9. The molecule has 0 spiro atoms. The quantitative estimate of drug-likeness (QED) is 0.487. The number of hydrogen-bond acceptors (Lipinski definition) is 6. The number of hydrogen-bond donors (Lipinski definition) is 1. The van der Waals surface area contributed by atoms with E-state index in [2.05, 4.69) is 9.46 Å². The second-order valence-corrected chi connectivity index (χ2v) is 10.8. The molecule has 1 aliphatic rings. The SMILES string of the molecule is CC(C)[C@@H](CN1CC[C@H](OC(=O)C(F)(F)F)C1)N(C)C(=O)Cc1ccc(CNS(C)(=O)=O)cc1. The minimum absolute atomic E-state index is 0.0927. The number of likely N-dealkylation sites (tertiary alicyclic amines) is 1. The Labute approximate surface area is 198 Å². The van der Waals surface area contributed by atoms with Gasteiger partial charge in [0.05, 0.1) is 12.7 Å². The molecule has 0 bridgehead atoms. The number of nitrogens with zero attached hydrogens (tertiary/aromatic N) is 2. The van der Waals surface area contributed by atoms with Gasteiger partial charge in [-0.05, 0) is 23.5 Å². The number of halogens is 3. The monoisotopic (exact) mass is 507 g/mol. The molecule has 1 heterocycles. The lowest BCUT2D eigenvalue weighted by molar-refractivity contribution is -0.204. The van der Waals surface area contributed by atoms with Crippen LogP contribution in [0.3, 0.4) is 0 Å². The summed E-state index contributed by atoms with van der Waals surface area (Å²) >= 11 is 0. The van der Waals surface area contributed by atoms with Gasteiger partial charge in [-0.3, -0.25) is 9.69 Å². The van der Waals surface area contributed by atoms with Crippen LogP contribution in [0.15, 0.2) is 24.3 Å². The highest BCUT2D eigenvalue weighted by Gasteiger charge is 2.43. The van der Waals surface area contributed by atoms with E-state index in [1.54, 1.807) is 36.2 Å². The molecule has 0 aliphatic carbocycles. The first-order valence-corrected chi connectivity index (χ1v) is 12.8. The molecule has 0 unspecified atom stereocenters. The lowest BCUT2D eigenvalue weighted by atomic mass is 10.0. The van der Waals surface area contributed by atoms with Gasteiger partial charge in [0.2, 0.25) is 15.9 Å². The molecule has 1 aliphatic heterocycles. The maximum absolute atomic E-state index is 12.9. The highest BCUT2D eigenvalue weighted by Crippen LogP contribution is 2.22. The molecule has 12 heteroatoms. The third-order valence-electron chi connectivity index (χ3n) is 5.76. The van der Waals surface area contributed by atoms with E-state index in [1.165, 1.54) is 0 Å². The van der Waals surface area contributed by atoms with Gasteiger partial charge < -0.3 is 9.64 Å². The van der Waals surface area contributed by atoms with Crippen LogP contribution in [0.25, 0.3) is 0 Å². The molecule has 34 heavy (non-hydrogen) atoms. The van der Waals surface area contributed by atoms with Gasteiger partial charge >= 0.3 is 12.1 Å². The van der Waals surface area contributed by atoms with Gasteiger partial charge in [0.25, 0.3) is 0 Å². The molecule has 1 aromatic rings. The fourth-order valence-electron chi connectivity index (χ4n) is 3.80. The van der Waals surface area contributed by atoms with Crippen molar-refractivity contribution in [3.8, 4) is 0 Å². The first-order chi connectivity index (χ1) is 15.7. The van der Waals surface area contributed by atoms with E-state index in [4.69, 9.17) is 0 Å². The minimum atomic E-state index is -5.01. The Morgan fingerprint density at radius 1 is 1.21 bits per heavy atom. The van der Waals surface area contributed by atoms with Crippen molar-refractivity contribution in [2.24, 2.45) is 5.92 Å². The first kappa shape index (κ1) is 28.1. The number of ether oxygens (including phenoxy) is 1. The van der Waals surface area contributed by atoms with Crippen molar-refractivity contribution in [3.63, 3.8) is 0 Å². The van der Waals surface area contributed by atoms with E-state index >= 15 is 0 Å². The smallest absolute Gasteiger partial charge is 0.454 e. The number of nitrogens with one attached hydrogen (secondary N) is 1. The molecule has 0 aromatic heterocycles. The van der Waals surface area contributed by atoms with E-state index in [0.717, 1.165) is 17.4 Å². The Morgan fingerprint density at radius 2 is 1.79 bits per heavy atom. The standard InChI is InChI=1S/C22H32F3N3O5S/c1-15(2)19(14-28-10-9-18(13-28)33-21(30)22(23,24)25)27(3)20(29)11-16-5-7-17(8-6-16)12-26-34(4,31)32/h5-8,15,18-19,26H,9-14H2,1-4H3/t18-,19+/m0/s1. The van der Waals surface area contributed by atoms with Crippen LogP contribution < -0.4 is 4.72 Å². The topological polar surface area (TPSA) is 96.0 Å². The number of carbonyl (C=O) groups is 2. The zero-order chi connectivity index (χ0) is 25.7. The van der Waals surface area contributed by atoms with Crippen molar-refractivity contribution in [3.05, 3.63) is 35.4 Å². The lowest BCUT2D eigenvalue weighted by Crippen LogP contribution is -2.48. The van der Waals surface area contributed by atoms with Crippen molar-refractivity contribution >= 4 is 21.9 Å². The van der Waals surface area contributed by atoms with Crippen LogP contribution in [0, 0.1) is 5.92 Å². The molecule has 1 amide bonds. The van der Waals surface area contributed by atoms with E-state index < -0.39 is 28.3 Å². The van der Waals surface area contributed by atoms with Crippen molar-refractivity contribution in [1.82, 2.24) is 14.5 Å². The molecule has 2 atom stereocenters. The molecule has 1 saturated heterocycles. The van der Waals surface area contributed by atoms with Crippen LogP contribution >= 0.6 is 0 Å². The lowest BCUT2D eigenvalue weighted by Gasteiger charge is -2.34. The van der Waals surface area contributed by atoms with E-state index in [-0.39, 0.29) is 37.4 Å². The number of likely N-dealkylation sites (N-methyl/N-ethyl adjacent to an activating group) is 1. The number of rotatable bonds is 10. The molecule has 0 radical (unpaired) electrons. The van der Waals surface area contributed by atoms with Gasteiger partial charge in [-0.1, -0.05) is 38.1 Å². The Balaban J connectivity index is 1.92. The van der Waals surface area contributed by atoms with Crippen LogP contribution in [0.1, 0.15) is 31.4 Å². The third-order valence-corrected chi connectivity index (χ3v) is 6.43. The van der Waals surface area contributed by atoms with E-state index in [1.807, 2.05) is 18.7 Å². The van der Waals surface area contributed by atoms with Crippen molar-refractivity contribution in [1.29, 1.82) is 0 Å². The summed E-state index contributed by atoms with van der Waals surface area (Å²) in [6.07, 6.45) is -4.28. The molecule has 1 N–H and O–H groups in total. The molecule has 1 aromatic carbocycles. The molecule has 1 fully saturated rings. The van der Waals surface area contributed by atoms with Crippen LogP contribution in [0.2, 0.25) is 0 Å². The summed E-state index contributed by atoms with van der Waals surface area (Å²) in [7, 11) is -1.59. The zero-order valence-electron chi connectivity index (χ0n) is 19.8. The van der Waals surface area contributed by atoms with Gasteiger partial charge in [0, 0.05) is 39.3 Å². The molecule has 2 rings (SSSR count). The fraction of sp³-hybridized carbons (Fsp3) is 0.636. The number of amides is 1. The van der Waals surface area contributed by atoms with Crippen LogP contribution in [-0.2, 0) is 37.3 Å². The number of benzene rings is 1. The molecule has 0 saturated carbocycles. The summed E-state index contributed by atoms with van der Waals surface area (Å²) in [6, 6.07) is 6.88. The molecule has 8 nitrogen and oxygen atoms in total.